The molecular weight excluding hydrogens is 493 g/mol. The lowest BCUT2D eigenvalue weighted by atomic mass is 9.78. The van der Waals surface area contributed by atoms with Crippen LogP contribution in [0.5, 0.6) is 5.75 Å². The average Bonchev–Trinajstić information content (AvgIpc) is 3.35. The first-order valence-electron chi connectivity index (χ1n) is 11.7. The summed E-state index contributed by atoms with van der Waals surface area (Å²) in [5, 5.41) is 6.04. The maximum absolute atomic E-state index is 13.1. The highest BCUT2D eigenvalue weighted by Gasteiger charge is 2.53. The van der Waals surface area contributed by atoms with E-state index < -0.39 is 29.8 Å². The van der Waals surface area contributed by atoms with Crippen LogP contribution in [-0.4, -0.2) is 61.0 Å². The lowest BCUT2D eigenvalue weighted by molar-refractivity contribution is -0.0964. The first-order chi connectivity index (χ1) is 16.8. The molecule has 1 aromatic carbocycles. The smallest absolute Gasteiger partial charge is 0.420 e. The highest BCUT2D eigenvalue weighted by molar-refractivity contribution is 6.64. The van der Waals surface area contributed by atoms with Crippen LogP contribution in [0.15, 0.2) is 36.5 Å². The van der Waals surface area contributed by atoms with Gasteiger partial charge in [0, 0.05) is 48.1 Å². The molecule has 2 aliphatic heterocycles. The fourth-order valence-electron chi connectivity index (χ4n) is 4.14. The van der Waals surface area contributed by atoms with Gasteiger partial charge in [-0.3, -0.25) is 4.79 Å². The Balaban J connectivity index is 1.59. The molecule has 0 spiro atoms. The van der Waals surface area contributed by atoms with Gasteiger partial charge in [0.25, 0.3) is 5.91 Å². The van der Waals surface area contributed by atoms with Gasteiger partial charge in [-0.15, -0.1) is 8.78 Å². The van der Waals surface area contributed by atoms with Gasteiger partial charge in [0.2, 0.25) is 0 Å². The summed E-state index contributed by atoms with van der Waals surface area (Å²) >= 11 is 4.79. The largest absolute Gasteiger partial charge is 0.498 e. The molecule has 4 rings (SSSR count). The molecule has 0 saturated carbocycles. The van der Waals surface area contributed by atoms with Crippen molar-refractivity contribution in [2.75, 3.05) is 30.4 Å². The van der Waals surface area contributed by atoms with Crippen molar-refractivity contribution in [3.05, 3.63) is 42.1 Å². The maximum atomic E-state index is 13.1. The zero-order valence-corrected chi connectivity index (χ0v) is 21.7. The van der Waals surface area contributed by atoms with Gasteiger partial charge in [0.1, 0.15) is 11.6 Å². The van der Waals surface area contributed by atoms with Crippen molar-refractivity contribution in [1.82, 2.24) is 10.3 Å². The third-order valence-electron chi connectivity index (χ3n) is 6.91. The van der Waals surface area contributed by atoms with Gasteiger partial charge < -0.3 is 29.6 Å². The number of hydrogen-bond donors (Lipinski definition) is 2. The second-order valence-electron chi connectivity index (χ2n) is 9.97. The zero-order chi connectivity index (χ0) is 26.3. The predicted octanol–water partition coefficient (Wildman–Crippen LogP) is 3.60. The van der Waals surface area contributed by atoms with E-state index in [1.54, 1.807) is 6.07 Å². The van der Waals surface area contributed by atoms with E-state index in [0.29, 0.717) is 28.6 Å². The van der Waals surface area contributed by atoms with E-state index >= 15 is 0 Å². The Morgan fingerprint density at radius 1 is 1.22 bits per heavy atom. The highest BCUT2D eigenvalue weighted by Crippen LogP contribution is 2.37. The SMILES string of the molecule is CN[C@@H]1CCN(c2ncc(C(=O)Nc3ccc(OC(F)(F)Cl)cc3)cc2B2OC(C)(C)C(C)(C)O2)C1. The van der Waals surface area contributed by atoms with Gasteiger partial charge in [-0.1, -0.05) is 0 Å². The number of pyridine rings is 1. The van der Waals surface area contributed by atoms with Crippen LogP contribution in [0, 0.1) is 0 Å². The minimum absolute atomic E-state index is 0.132. The van der Waals surface area contributed by atoms with Crippen molar-refractivity contribution in [3.8, 4) is 5.75 Å². The summed E-state index contributed by atoms with van der Waals surface area (Å²) < 4.78 is 42.5. The molecule has 2 N–H and O–H groups in total. The number of carbonyl (C=O) groups excluding carboxylic acids is 1. The van der Waals surface area contributed by atoms with Crippen molar-refractivity contribution in [2.45, 2.75) is 56.9 Å². The topological polar surface area (TPSA) is 85.0 Å². The molecule has 0 unspecified atom stereocenters. The van der Waals surface area contributed by atoms with Gasteiger partial charge in [0.05, 0.1) is 16.8 Å². The van der Waals surface area contributed by atoms with Crippen molar-refractivity contribution in [2.24, 2.45) is 0 Å². The van der Waals surface area contributed by atoms with E-state index in [1.807, 2.05) is 34.7 Å². The molecule has 12 heteroatoms. The number of alkyl halides is 3. The molecule has 36 heavy (non-hydrogen) atoms. The van der Waals surface area contributed by atoms with Crippen LogP contribution in [0.2, 0.25) is 0 Å². The van der Waals surface area contributed by atoms with Crippen LogP contribution in [0.3, 0.4) is 0 Å². The molecule has 2 aliphatic rings. The number of likely N-dealkylation sites (N-methyl/N-ethyl adjacent to an activating group) is 1. The number of anilines is 2. The standard InChI is InChI=1S/C24H30BClF2N4O4/c1-22(2)23(3,4)36-25(35-22)19-12-15(13-30-20(19)32-11-10-17(14-32)29-5)21(33)31-16-6-8-18(9-7-16)34-24(26,27)28/h6-9,12-13,17,29H,10-11,14H2,1-5H3,(H,31,33)/t17-/m1/s1. The Morgan fingerprint density at radius 3 is 2.42 bits per heavy atom. The molecule has 0 radical (unpaired) electrons. The molecule has 0 aliphatic carbocycles. The number of carbonyl (C=O) groups is 1. The quantitative estimate of drug-likeness (QED) is 0.425. The fraction of sp³-hybridized carbons (Fsp3) is 0.500. The number of hydrogen-bond acceptors (Lipinski definition) is 7. The summed E-state index contributed by atoms with van der Waals surface area (Å²) in [5.41, 5.74) is -3.57. The molecule has 1 amide bonds. The van der Waals surface area contributed by atoms with E-state index in [-0.39, 0.29) is 5.75 Å². The third-order valence-corrected chi connectivity index (χ3v) is 6.98. The molecular formula is C24H30BClF2N4O4. The molecule has 1 atom stereocenters. The molecule has 1 aromatic heterocycles. The van der Waals surface area contributed by atoms with Crippen molar-refractivity contribution >= 4 is 41.6 Å². The average molecular weight is 523 g/mol. The number of nitrogens with one attached hydrogen (secondary N) is 2. The summed E-state index contributed by atoms with van der Waals surface area (Å²) in [7, 11) is 1.23. The number of ether oxygens (including phenoxy) is 1. The van der Waals surface area contributed by atoms with Crippen LogP contribution in [-0.2, 0) is 9.31 Å². The minimum atomic E-state index is -3.81. The van der Waals surface area contributed by atoms with Gasteiger partial charge in [-0.05, 0) is 71.5 Å². The van der Waals surface area contributed by atoms with Gasteiger partial charge in [0.15, 0.2) is 0 Å². The van der Waals surface area contributed by atoms with E-state index in [1.165, 1.54) is 30.5 Å². The summed E-state index contributed by atoms with van der Waals surface area (Å²) in [6, 6.07) is 7.53. The number of rotatable bonds is 7. The van der Waals surface area contributed by atoms with Crippen molar-refractivity contribution in [3.63, 3.8) is 0 Å². The molecule has 8 nitrogen and oxygen atoms in total. The number of halogens is 3. The Kier molecular flexibility index (Phi) is 7.22. The molecule has 2 saturated heterocycles. The number of benzene rings is 1. The molecule has 2 fully saturated rings. The monoisotopic (exact) mass is 522 g/mol. The third kappa shape index (κ3) is 5.75. The van der Waals surface area contributed by atoms with Gasteiger partial charge in [-0.25, -0.2) is 4.98 Å². The molecule has 194 valence electrons. The van der Waals surface area contributed by atoms with Gasteiger partial charge >= 0.3 is 12.7 Å². The normalized spacial score (nSPS) is 21.1. The maximum Gasteiger partial charge on any atom is 0.498 e. The molecule has 2 aromatic rings. The second-order valence-corrected chi connectivity index (χ2v) is 10.4. The van der Waals surface area contributed by atoms with Gasteiger partial charge in [-0.2, -0.15) is 0 Å². The summed E-state index contributed by atoms with van der Waals surface area (Å²) in [6.45, 7) is 9.46. The Hall–Kier alpha value is -2.47. The van der Waals surface area contributed by atoms with Crippen LogP contribution in [0.4, 0.5) is 20.3 Å². The number of aromatic nitrogens is 1. The minimum Gasteiger partial charge on any atom is -0.420 e. The zero-order valence-electron chi connectivity index (χ0n) is 20.9. The summed E-state index contributed by atoms with van der Waals surface area (Å²) in [6.07, 6.45) is 2.48. The highest BCUT2D eigenvalue weighted by atomic mass is 35.5. The second kappa shape index (κ2) is 9.77. The van der Waals surface area contributed by atoms with E-state index in [9.17, 15) is 13.6 Å². The Labute approximate surface area is 214 Å². The summed E-state index contributed by atoms with van der Waals surface area (Å²) in [4.78, 5) is 19.9. The van der Waals surface area contributed by atoms with Crippen LogP contribution < -0.4 is 25.7 Å². The van der Waals surface area contributed by atoms with Crippen molar-refractivity contribution < 1.29 is 27.6 Å². The fourth-order valence-corrected chi connectivity index (χ4v) is 4.23. The summed E-state index contributed by atoms with van der Waals surface area (Å²) in [5.74, 6) is 0.163. The van der Waals surface area contributed by atoms with E-state index in [2.05, 4.69) is 25.3 Å². The Morgan fingerprint density at radius 2 is 1.86 bits per heavy atom. The van der Waals surface area contributed by atoms with Crippen molar-refractivity contribution in [1.29, 1.82) is 0 Å². The molecule has 3 heterocycles. The Bertz CT molecular complexity index is 1100. The van der Waals surface area contributed by atoms with E-state index in [4.69, 9.17) is 20.9 Å². The number of nitrogens with zero attached hydrogens (tertiary/aromatic N) is 2. The lowest BCUT2D eigenvalue weighted by Crippen LogP contribution is -2.41. The first kappa shape index (κ1) is 26.6. The lowest BCUT2D eigenvalue weighted by Gasteiger charge is -2.32. The van der Waals surface area contributed by atoms with Crippen LogP contribution in [0.25, 0.3) is 0 Å². The van der Waals surface area contributed by atoms with Crippen LogP contribution >= 0.6 is 11.6 Å². The first-order valence-corrected chi connectivity index (χ1v) is 12.1. The predicted molar refractivity (Wildman–Crippen MR) is 135 cm³/mol. The number of amides is 1. The van der Waals surface area contributed by atoms with E-state index in [0.717, 1.165) is 19.5 Å². The van der Waals surface area contributed by atoms with Crippen LogP contribution in [0.1, 0.15) is 44.5 Å². The molecule has 0 bridgehead atoms.